The van der Waals surface area contributed by atoms with Crippen LogP contribution in [-0.4, -0.2) is 23.1 Å². The van der Waals surface area contributed by atoms with Gasteiger partial charge in [-0.05, 0) is 0 Å². The van der Waals surface area contributed by atoms with Crippen LogP contribution in [0.3, 0.4) is 0 Å². The maximum atomic E-state index is 14.7. The predicted octanol–water partition coefficient (Wildman–Crippen LogP) is 13.8. The third-order valence-electron chi connectivity index (χ3n) is 13.0. The Labute approximate surface area is 385 Å². The van der Waals surface area contributed by atoms with E-state index >= 15 is 0 Å². The number of sulfone groups is 1. The molecule has 0 spiro atoms. The molecular weight excluding hydrogens is 828 g/mol. The molecule has 64 heavy (non-hydrogen) atoms. The Morgan fingerprint density at radius 2 is 0.859 bits per heavy atom. The summed E-state index contributed by atoms with van der Waals surface area (Å²) in [5.74, 6) is 0. The van der Waals surface area contributed by atoms with Gasteiger partial charge in [0.05, 0.1) is 0 Å². The first-order chi connectivity index (χ1) is 28.7. The monoisotopic (exact) mass is 903 g/mol. The molecule has 3 N–H and O–H groups in total. The molecular formula is C57H75O5PS. The zero-order valence-corrected chi connectivity index (χ0v) is 43.9. The Hall–Kier alpha value is -3.90. The fraction of sp³-hybridized carbons (Fsp3) is 0.439. The van der Waals surface area contributed by atoms with Crippen LogP contribution in [0.15, 0.2) is 101 Å². The Bertz CT molecular complexity index is 2940. The summed E-state index contributed by atoms with van der Waals surface area (Å²) in [6.07, 6.45) is 0. The standard InChI is InChI=1S/C57H75O5PS/c1-35-22-20-21-23-51(35)64(61,62)40-24-25-49(44(32-40)43-33-41-36(28-45(43)54(8,9)10)26-38(52(2,3)4)30-46(41)55(11,12)13)63(58,59,60)50-34-42-37(29-48(50)57(17,18)19)27-39(53(5,6)7)31-47(42)56(14,15)16/h20-34,58-60H,1-19H3. The summed E-state index contributed by atoms with van der Waals surface area (Å²) in [6.45, 7) is 40.4. The Kier molecular flexibility index (Phi) is 11.9. The van der Waals surface area contributed by atoms with Gasteiger partial charge in [0, 0.05) is 0 Å². The molecule has 6 aromatic carbocycles. The molecule has 0 saturated heterocycles. The molecule has 0 saturated carbocycles. The fourth-order valence-corrected chi connectivity index (χ4v) is 13.0. The van der Waals surface area contributed by atoms with Crippen molar-refractivity contribution in [2.75, 3.05) is 0 Å². The molecule has 7 heteroatoms. The van der Waals surface area contributed by atoms with E-state index in [4.69, 9.17) is 0 Å². The van der Waals surface area contributed by atoms with E-state index in [-0.39, 0.29) is 47.6 Å². The summed E-state index contributed by atoms with van der Waals surface area (Å²) >= 11 is 0. The van der Waals surface area contributed by atoms with Crippen molar-refractivity contribution in [3.05, 3.63) is 130 Å². The van der Waals surface area contributed by atoms with Crippen molar-refractivity contribution in [2.24, 2.45) is 0 Å². The second kappa shape index (κ2) is 15.3. The van der Waals surface area contributed by atoms with Gasteiger partial charge in [0.2, 0.25) is 0 Å². The second-order valence-electron chi connectivity index (χ2n) is 24.7. The van der Waals surface area contributed by atoms with Gasteiger partial charge in [-0.1, -0.05) is 0 Å². The van der Waals surface area contributed by atoms with Crippen molar-refractivity contribution in [2.45, 2.75) is 174 Å². The normalized spacial score (nSPS) is 14.6. The van der Waals surface area contributed by atoms with Crippen molar-refractivity contribution < 1.29 is 23.1 Å². The van der Waals surface area contributed by atoms with Crippen molar-refractivity contribution >= 4 is 49.3 Å². The van der Waals surface area contributed by atoms with E-state index in [0.717, 1.165) is 43.8 Å². The van der Waals surface area contributed by atoms with Crippen LogP contribution in [0, 0.1) is 6.92 Å². The predicted molar refractivity (Wildman–Crippen MR) is 275 cm³/mol. The van der Waals surface area contributed by atoms with E-state index < -0.39 is 28.0 Å². The van der Waals surface area contributed by atoms with Crippen molar-refractivity contribution in [3.8, 4) is 11.1 Å². The minimum absolute atomic E-state index is 0.00845. The SMILES string of the molecule is Cc1ccccc1S(=O)(=O)c1ccc(P(O)(O)(O)c2cc3c(C(C)(C)C)cc(C(C)(C)C)cc3cc2C(C)(C)C)c(-c2cc3c(C(C)(C)C)cc(C(C)(C)C)cc3cc2C(C)(C)C)c1. The van der Waals surface area contributed by atoms with Crippen LogP contribution < -0.4 is 10.6 Å². The van der Waals surface area contributed by atoms with E-state index in [9.17, 15) is 23.1 Å². The quantitative estimate of drug-likeness (QED) is 0.150. The Morgan fingerprint density at radius 3 is 1.30 bits per heavy atom. The third-order valence-corrected chi connectivity index (χ3v) is 17.4. The van der Waals surface area contributed by atoms with Gasteiger partial charge < -0.3 is 0 Å². The molecule has 0 atom stereocenters. The van der Waals surface area contributed by atoms with Gasteiger partial charge in [-0.25, -0.2) is 0 Å². The molecule has 6 aromatic rings. The zero-order chi connectivity index (χ0) is 48.4. The van der Waals surface area contributed by atoms with Crippen molar-refractivity contribution in [1.82, 2.24) is 0 Å². The first-order valence-corrected chi connectivity index (χ1v) is 26.3. The number of hydrogen-bond acceptors (Lipinski definition) is 5. The van der Waals surface area contributed by atoms with Crippen LogP contribution in [0.5, 0.6) is 0 Å². The molecule has 0 amide bonds. The van der Waals surface area contributed by atoms with Crippen LogP contribution in [0.25, 0.3) is 32.7 Å². The molecule has 0 unspecified atom stereocenters. The summed E-state index contributed by atoms with van der Waals surface area (Å²) in [7, 11) is -10.3. The molecule has 0 aliphatic heterocycles. The van der Waals surface area contributed by atoms with Gasteiger partial charge in [-0.2, -0.15) is 0 Å². The molecule has 344 valence electrons. The van der Waals surface area contributed by atoms with Gasteiger partial charge >= 0.3 is 387 Å². The summed E-state index contributed by atoms with van der Waals surface area (Å²) in [5, 5.41) is 3.71. The zero-order valence-electron chi connectivity index (χ0n) is 42.2. The number of rotatable bonds is 5. The van der Waals surface area contributed by atoms with E-state index in [1.54, 1.807) is 37.3 Å². The summed E-state index contributed by atoms with van der Waals surface area (Å²) in [6, 6.07) is 28.3. The summed E-state index contributed by atoms with van der Waals surface area (Å²) < 4.78 is 29.5. The number of fused-ring (bicyclic) bond motifs is 2. The van der Waals surface area contributed by atoms with Gasteiger partial charge in [-0.15, -0.1) is 0 Å². The maximum absolute atomic E-state index is 14.7. The first kappa shape index (κ1) is 49.5. The number of benzene rings is 6. The number of aryl methyl sites for hydroxylation is 1. The van der Waals surface area contributed by atoms with Crippen LogP contribution in [-0.2, 0) is 42.3 Å². The van der Waals surface area contributed by atoms with Gasteiger partial charge in [-0.3, -0.25) is 0 Å². The summed E-state index contributed by atoms with van der Waals surface area (Å²) in [5.41, 5.74) is 5.39. The third kappa shape index (κ3) is 9.12. The summed E-state index contributed by atoms with van der Waals surface area (Å²) in [4.78, 5) is 40.4. The van der Waals surface area contributed by atoms with E-state index in [0.29, 0.717) is 16.7 Å². The van der Waals surface area contributed by atoms with E-state index in [2.05, 4.69) is 140 Å². The van der Waals surface area contributed by atoms with E-state index in [1.165, 1.54) is 17.7 Å². The molecule has 0 aliphatic rings. The molecule has 0 radical (unpaired) electrons. The van der Waals surface area contributed by atoms with Gasteiger partial charge in [0.25, 0.3) is 0 Å². The molecule has 0 aliphatic carbocycles. The molecule has 0 aromatic heterocycles. The molecule has 0 bridgehead atoms. The molecule has 0 heterocycles. The van der Waals surface area contributed by atoms with Crippen LogP contribution >= 0.6 is 7.28 Å². The molecule has 0 fully saturated rings. The van der Waals surface area contributed by atoms with E-state index in [1.807, 2.05) is 32.9 Å². The van der Waals surface area contributed by atoms with Gasteiger partial charge in [0.1, 0.15) is 0 Å². The minimum atomic E-state index is -6.22. The van der Waals surface area contributed by atoms with Gasteiger partial charge in [0.15, 0.2) is 0 Å². The van der Waals surface area contributed by atoms with Crippen LogP contribution in [0.2, 0.25) is 0 Å². The Balaban J connectivity index is 1.85. The first-order valence-electron chi connectivity index (χ1n) is 22.7. The average molecular weight is 903 g/mol. The van der Waals surface area contributed by atoms with Crippen LogP contribution in [0.1, 0.15) is 164 Å². The van der Waals surface area contributed by atoms with Crippen LogP contribution in [0.4, 0.5) is 0 Å². The fourth-order valence-electron chi connectivity index (χ4n) is 9.08. The Morgan fingerprint density at radius 1 is 0.422 bits per heavy atom. The van der Waals surface area contributed by atoms with Crippen molar-refractivity contribution in [1.29, 1.82) is 0 Å². The number of hydrogen-bond donors (Lipinski definition) is 3. The average Bonchev–Trinajstić information content (AvgIpc) is 3.13. The topological polar surface area (TPSA) is 94.8 Å². The van der Waals surface area contributed by atoms with Crippen molar-refractivity contribution in [3.63, 3.8) is 0 Å². The molecule has 6 rings (SSSR count). The molecule has 5 nitrogen and oxygen atoms in total. The second-order valence-corrected chi connectivity index (χ2v) is 29.5.